The summed E-state index contributed by atoms with van der Waals surface area (Å²) in [5, 5.41) is 4.92. The van der Waals surface area contributed by atoms with Crippen LogP contribution in [-0.4, -0.2) is 51.9 Å². The van der Waals surface area contributed by atoms with Crippen molar-refractivity contribution in [3.05, 3.63) is 0 Å². The van der Waals surface area contributed by atoms with E-state index in [1.165, 1.54) is 0 Å². The van der Waals surface area contributed by atoms with Crippen LogP contribution >= 0.6 is 11.8 Å². The Hall–Kier alpha value is -1.24. The molecule has 104 valence electrons. The monoisotopic (exact) mass is 283 g/mol. The van der Waals surface area contributed by atoms with Crippen LogP contribution in [0.3, 0.4) is 0 Å². The second kappa shape index (κ2) is 4.13. The highest BCUT2D eigenvalue weighted by molar-refractivity contribution is 8.01. The molecule has 0 aromatic carbocycles. The molecule has 4 amide bonds. The van der Waals surface area contributed by atoms with Crippen molar-refractivity contribution in [3.8, 4) is 0 Å². The van der Waals surface area contributed by atoms with Crippen molar-refractivity contribution in [2.24, 2.45) is 0 Å². The molecule has 0 saturated carbocycles. The number of amides is 4. The Kier molecular flexibility index (Phi) is 2.78. The van der Waals surface area contributed by atoms with Gasteiger partial charge >= 0.3 is 6.03 Å². The molecule has 0 aliphatic carbocycles. The van der Waals surface area contributed by atoms with E-state index in [1.54, 1.807) is 16.7 Å². The molecule has 3 aliphatic rings. The van der Waals surface area contributed by atoms with Gasteiger partial charge in [-0.1, -0.05) is 0 Å². The molecular weight excluding hydrogens is 266 g/mol. The fourth-order valence-electron chi connectivity index (χ4n) is 3.08. The van der Waals surface area contributed by atoms with Crippen LogP contribution in [0.1, 0.15) is 26.2 Å². The minimum Gasteiger partial charge on any atom is -0.338 e. The Morgan fingerprint density at radius 3 is 2.74 bits per heavy atom. The number of hydrogen-bond donors (Lipinski definition) is 2. The highest BCUT2D eigenvalue weighted by atomic mass is 32.2. The maximum absolute atomic E-state index is 12.6. The highest BCUT2D eigenvalue weighted by Crippen LogP contribution is 2.40. The molecule has 19 heavy (non-hydrogen) atoms. The first-order valence-corrected chi connectivity index (χ1v) is 7.51. The van der Waals surface area contributed by atoms with E-state index in [0.29, 0.717) is 19.5 Å². The summed E-state index contributed by atoms with van der Waals surface area (Å²) in [5.74, 6) is 0.802. The quantitative estimate of drug-likeness (QED) is 0.668. The molecule has 0 bridgehead atoms. The van der Waals surface area contributed by atoms with E-state index in [4.69, 9.17) is 0 Å². The zero-order valence-electron chi connectivity index (χ0n) is 10.8. The number of urea groups is 1. The van der Waals surface area contributed by atoms with Gasteiger partial charge in [-0.05, 0) is 31.9 Å². The molecule has 1 spiro atoms. The molecule has 6 nitrogen and oxygen atoms in total. The van der Waals surface area contributed by atoms with Crippen LogP contribution in [0.5, 0.6) is 0 Å². The lowest BCUT2D eigenvalue weighted by Crippen LogP contribution is -2.51. The number of imide groups is 1. The minimum absolute atomic E-state index is 0.0980. The molecule has 0 radical (unpaired) electrons. The van der Waals surface area contributed by atoms with Crippen LogP contribution in [0, 0.1) is 0 Å². The molecule has 2 N–H and O–H groups in total. The molecule has 3 heterocycles. The third-order valence-electron chi connectivity index (χ3n) is 4.24. The average Bonchev–Trinajstić information content (AvgIpc) is 3.02. The Morgan fingerprint density at radius 2 is 2.16 bits per heavy atom. The number of nitrogens with zero attached hydrogens (tertiary/aromatic N) is 1. The molecule has 3 saturated heterocycles. The van der Waals surface area contributed by atoms with E-state index in [9.17, 15) is 14.4 Å². The summed E-state index contributed by atoms with van der Waals surface area (Å²) in [6.45, 7) is 2.80. The van der Waals surface area contributed by atoms with Crippen LogP contribution in [0.25, 0.3) is 0 Å². The van der Waals surface area contributed by atoms with Gasteiger partial charge in [-0.3, -0.25) is 14.9 Å². The van der Waals surface area contributed by atoms with Gasteiger partial charge < -0.3 is 10.2 Å². The standard InChI is InChI=1S/C12H17N3O3S/c1-11(3-2-6-19-11)9(17)15-5-4-12(7-15)8(16)13-10(18)14-12/h2-7H2,1H3,(H2,13,14,16,18). The number of rotatable bonds is 1. The van der Waals surface area contributed by atoms with E-state index < -0.39 is 11.6 Å². The van der Waals surface area contributed by atoms with Gasteiger partial charge in [0.15, 0.2) is 0 Å². The summed E-state index contributed by atoms with van der Waals surface area (Å²) in [6, 6.07) is -0.458. The first-order valence-electron chi connectivity index (χ1n) is 6.52. The number of hydrogen-bond acceptors (Lipinski definition) is 4. The number of likely N-dealkylation sites (tertiary alicyclic amines) is 1. The Labute approximate surface area is 115 Å². The molecule has 0 aromatic heterocycles. The molecule has 2 atom stereocenters. The third-order valence-corrected chi connectivity index (χ3v) is 5.75. The normalized spacial score (nSPS) is 37.8. The second-order valence-corrected chi connectivity index (χ2v) is 7.25. The molecule has 3 rings (SSSR count). The van der Waals surface area contributed by atoms with E-state index >= 15 is 0 Å². The van der Waals surface area contributed by atoms with Crippen LogP contribution in [-0.2, 0) is 9.59 Å². The minimum atomic E-state index is -0.896. The Bertz CT molecular complexity index is 461. The van der Waals surface area contributed by atoms with Gasteiger partial charge in [0.1, 0.15) is 5.54 Å². The van der Waals surface area contributed by atoms with Crippen LogP contribution in [0.4, 0.5) is 4.79 Å². The first kappa shape index (κ1) is 12.8. The summed E-state index contributed by atoms with van der Waals surface area (Å²) >= 11 is 1.69. The maximum Gasteiger partial charge on any atom is 0.322 e. The third kappa shape index (κ3) is 1.91. The van der Waals surface area contributed by atoms with Crippen LogP contribution in [0.2, 0.25) is 0 Å². The van der Waals surface area contributed by atoms with Crippen molar-refractivity contribution >= 4 is 29.6 Å². The lowest BCUT2D eigenvalue weighted by molar-refractivity contribution is -0.132. The van der Waals surface area contributed by atoms with Crippen molar-refractivity contribution in [1.82, 2.24) is 15.5 Å². The van der Waals surface area contributed by atoms with E-state index in [1.807, 2.05) is 6.92 Å². The highest BCUT2D eigenvalue weighted by Gasteiger charge is 2.53. The van der Waals surface area contributed by atoms with Crippen molar-refractivity contribution in [1.29, 1.82) is 0 Å². The van der Waals surface area contributed by atoms with E-state index in [-0.39, 0.29) is 16.6 Å². The Balaban J connectivity index is 1.74. The van der Waals surface area contributed by atoms with E-state index in [0.717, 1.165) is 18.6 Å². The maximum atomic E-state index is 12.6. The van der Waals surface area contributed by atoms with Crippen molar-refractivity contribution in [2.75, 3.05) is 18.8 Å². The molecule has 0 aromatic rings. The fourth-order valence-corrected chi connectivity index (χ4v) is 4.36. The van der Waals surface area contributed by atoms with Crippen molar-refractivity contribution in [2.45, 2.75) is 36.5 Å². The molecule has 3 fully saturated rings. The molecule has 7 heteroatoms. The van der Waals surface area contributed by atoms with Gasteiger partial charge in [-0.15, -0.1) is 11.8 Å². The summed E-state index contributed by atoms with van der Waals surface area (Å²) in [7, 11) is 0. The average molecular weight is 283 g/mol. The summed E-state index contributed by atoms with van der Waals surface area (Å²) < 4.78 is -0.357. The lowest BCUT2D eigenvalue weighted by Gasteiger charge is -2.29. The van der Waals surface area contributed by atoms with Gasteiger partial charge in [0.05, 0.1) is 11.3 Å². The van der Waals surface area contributed by atoms with Crippen molar-refractivity contribution in [3.63, 3.8) is 0 Å². The summed E-state index contributed by atoms with van der Waals surface area (Å²) in [6.07, 6.45) is 2.44. The van der Waals surface area contributed by atoms with Crippen molar-refractivity contribution < 1.29 is 14.4 Å². The number of nitrogens with one attached hydrogen (secondary N) is 2. The van der Waals surface area contributed by atoms with Gasteiger partial charge in [-0.2, -0.15) is 0 Å². The summed E-state index contributed by atoms with van der Waals surface area (Å²) in [5.41, 5.74) is -0.896. The fraction of sp³-hybridized carbons (Fsp3) is 0.750. The molecular formula is C12H17N3O3S. The zero-order chi connectivity index (χ0) is 13.7. The smallest absolute Gasteiger partial charge is 0.322 e. The van der Waals surface area contributed by atoms with Gasteiger partial charge in [0.25, 0.3) is 5.91 Å². The zero-order valence-corrected chi connectivity index (χ0v) is 11.6. The van der Waals surface area contributed by atoms with Crippen LogP contribution in [0.15, 0.2) is 0 Å². The number of carbonyl (C=O) groups excluding carboxylic acids is 3. The lowest BCUT2D eigenvalue weighted by atomic mass is 9.99. The first-order chi connectivity index (χ1) is 8.95. The predicted molar refractivity (Wildman–Crippen MR) is 70.7 cm³/mol. The molecule has 3 aliphatic heterocycles. The van der Waals surface area contributed by atoms with Gasteiger partial charge in [0.2, 0.25) is 5.91 Å². The molecule has 2 unspecified atom stereocenters. The topological polar surface area (TPSA) is 78.5 Å². The predicted octanol–water partition coefficient (Wildman–Crippen LogP) is 0.0826. The van der Waals surface area contributed by atoms with Gasteiger partial charge in [-0.25, -0.2) is 4.79 Å². The van der Waals surface area contributed by atoms with Gasteiger partial charge in [0, 0.05) is 6.54 Å². The largest absolute Gasteiger partial charge is 0.338 e. The number of thioether (sulfide) groups is 1. The second-order valence-electron chi connectivity index (χ2n) is 5.65. The Morgan fingerprint density at radius 1 is 1.37 bits per heavy atom. The van der Waals surface area contributed by atoms with E-state index in [2.05, 4.69) is 10.6 Å². The van der Waals surface area contributed by atoms with Crippen LogP contribution < -0.4 is 10.6 Å². The summed E-state index contributed by atoms with van der Waals surface area (Å²) in [4.78, 5) is 37.4. The number of carbonyl (C=O) groups is 3. The SMILES string of the molecule is CC1(C(=O)N2CCC3(C2)NC(=O)NC3=O)CCCS1.